The molecule has 1 heterocycles. The van der Waals surface area contributed by atoms with Gasteiger partial charge in [0.05, 0.1) is 16.4 Å². The SMILES string of the molecule is CO[C@]12OOC(C)(C)C=C1C(=O)C(C)(C)C(=O)C2(C)C. The number of carbonyl (C=O) groups is 2. The minimum Gasteiger partial charge on any atom is -0.346 e. The van der Waals surface area contributed by atoms with Crippen molar-refractivity contribution < 1.29 is 24.1 Å². The summed E-state index contributed by atoms with van der Waals surface area (Å²) in [6.45, 7) is 10.3. The topological polar surface area (TPSA) is 61.8 Å². The Morgan fingerprint density at radius 1 is 1.00 bits per heavy atom. The second-order valence-electron chi connectivity index (χ2n) is 7.06. The summed E-state index contributed by atoms with van der Waals surface area (Å²) >= 11 is 0. The first-order valence-electron chi connectivity index (χ1n) is 6.67. The summed E-state index contributed by atoms with van der Waals surface area (Å²) in [4.78, 5) is 36.2. The van der Waals surface area contributed by atoms with Crippen molar-refractivity contribution in [1.82, 2.24) is 0 Å². The van der Waals surface area contributed by atoms with Gasteiger partial charge in [-0.3, -0.25) is 9.59 Å². The molecule has 1 aliphatic heterocycles. The highest BCUT2D eigenvalue weighted by atomic mass is 17.2. The minimum atomic E-state index is -1.49. The summed E-state index contributed by atoms with van der Waals surface area (Å²) in [5.74, 6) is -2.00. The van der Waals surface area contributed by atoms with Crippen LogP contribution in [0.5, 0.6) is 0 Å². The maximum absolute atomic E-state index is 12.7. The van der Waals surface area contributed by atoms with E-state index in [0.29, 0.717) is 5.57 Å². The summed E-state index contributed by atoms with van der Waals surface area (Å²) < 4.78 is 5.47. The van der Waals surface area contributed by atoms with Gasteiger partial charge in [-0.25, -0.2) is 4.89 Å². The van der Waals surface area contributed by atoms with Crippen molar-refractivity contribution in [3.05, 3.63) is 11.6 Å². The number of ether oxygens (including phenoxy) is 1. The predicted octanol–water partition coefficient (Wildman–Crippen LogP) is 2.20. The molecule has 0 saturated heterocycles. The number of hydrogen-bond donors (Lipinski definition) is 0. The van der Waals surface area contributed by atoms with Gasteiger partial charge in [-0.1, -0.05) is 0 Å². The fourth-order valence-electron chi connectivity index (χ4n) is 3.10. The van der Waals surface area contributed by atoms with Crippen LogP contribution in [0.1, 0.15) is 41.5 Å². The third-order valence-electron chi connectivity index (χ3n) is 4.28. The van der Waals surface area contributed by atoms with Gasteiger partial charge in [0.1, 0.15) is 5.60 Å². The molecule has 1 fully saturated rings. The molecule has 5 nitrogen and oxygen atoms in total. The van der Waals surface area contributed by atoms with Crippen molar-refractivity contribution in [3.63, 3.8) is 0 Å². The van der Waals surface area contributed by atoms with E-state index in [0.717, 1.165) is 0 Å². The number of methoxy groups -OCH3 is 1. The lowest BCUT2D eigenvalue weighted by Crippen LogP contribution is -2.67. The van der Waals surface area contributed by atoms with E-state index in [1.807, 2.05) is 0 Å². The Morgan fingerprint density at radius 3 is 2.05 bits per heavy atom. The quantitative estimate of drug-likeness (QED) is 0.545. The van der Waals surface area contributed by atoms with E-state index in [2.05, 4.69) is 0 Å². The van der Waals surface area contributed by atoms with Crippen molar-refractivity contribution in [2.75, 3.05) is 7.11 Å². The largest absolute Gasteiger partial charge is 0.346 e. The molecule has 5 heteroatoms. The lowest BCUT2D eigenvalue weighted by molar-refractivity contribution is -0.466. The molecule has 2 aliphatic rings. The zero-order chi connectivity index (χ0) is 15.6. The normalized spacial score (nSPS) is 34.5. The first kappa shape index (κ1) is 15.4. The van der Waals surface area contributed by atoms with Gasteiger partial charge < -0.3 is 4.74 Å². The maximum Gasteiger partial charge on any atom is 0.242 e. The number of fused-ring (bicyclic) bond motifs is 1. The molecule has 1 atom stereocenters. The highest BCUT2D eigenvalue weighted by Crippen LogP contribution is 2.54. The number of carbonyl (C=O) groups excluding carboxylic acids is 2. The van der Waals surface area contributed by atoms with Gasteiger partial charge >= 0.3 is 0 Å². The minimum absolute atomic E-state index is 0.225. The lowest BCUT2D eigenvalue weighted by atomic mass is 9.57. The molecule has 1 saturated carbocycles. The van der Waals surface area contributed by atoms with Gasteiger partial charge in [0.25, 0.3) is 0 Å². The Kier molecular flexibility index (Phi) is 3.07. The molecule has 0 unspecified atom stereocenters. The van der Waals surface area contributed by atoms with Crippen LogP contribution in [-0.4, -0.2) is 30.1 Å². The summed E-state index contributed by atoms with van der Waals surface area (Å²) in [5.41, 5.74) is -2.54. The van der Waals surface area contributed by atoms with Gasteiger partial charge in [-0.15, -0.1) is 0 Å². The van der Waals surface area contributed by atoms with E-state index < -0.39 is 22.2 Å². The van der Waals surface area contributed by atoms with Gasteiger partial charge in [-0.05, 0) is 47.6 Å². The van der Waals surface area contributed by atoms with Gasteiger partial charge in [0.15, 0.2) is 11.6 Å². The zero-order valence-electron chi connectivity index (χ0n) is 13.1. The summed E-state index contributed by atoms with van der Waals surface area (Å²) in [6.07, 6.45) is 1.69. The molecule has 20 heavy (non-hydrogen) atoms. The Hall–Kier alpha value is -1.04. The Balaban J connectivity index is 2.75. The zero-order valence-corrected chi connectivity index (χ0v) is 13.1. The van der Waals surface area contributed by atoms with Crippen LogP contribution in [0.3, 0.4) is 0 Å². The number of Topliss-reactive ketones (excluding diaryl/α,β-unsaturated/α-hetero) is 2. The third-order valence-corrected chi connectivity index (χ3v) is 4.28. The molecule has 1 aliphatic carbocycles. The molecule has 0 aromatic rings. The molecule has 0 aromatic carbocycles. The lowest BCUT2D eigenvalue weighted by Gasteiger charge is -2.53. The molecule has 2 rings (SSSR count). The molecule has 0 bridgehead atoms. The molecule has 0 amide bonds. The standard InChI is InChI=1S/C15H22O5/c1-12(2)8-9-10(16)13(3,4)11(17)14(5,6)15(9,18-7)20-19-12/h8H,1-7H3/t15-/m0/s1. The maximum atomic E-state index is 12.7. The average molecular weight is 282 g/mol. The van der Waals surface area contributed by atoms with E-state index in [1.165, 1.54) is 7.11 Å². The van der Waals surface area contributed by atoms with Crippen LogP contribution >= 0.6 is 0 Å². The van der Waals surface area contributed by atoms with E-state index >= 15 is 0 Å². The Morgan fingerprint density at radius 2 is 1.55 bits per heavy atom. The van der Waals surface area contributed by atoms with Crippen LogP contribution < -0.4 is 0 Å². The molecule has 112 valence electrons. The molecule has 0 aromatic heterocycles. The first-order valence-corrected chi connectivity index (χ1v) is 6.67. The number of ketones is 2. The van der Waals surface area contributed by atoms with Crippen LogP contribution in [-0.2, 0) is 24.1 Å². The van der Waals surface area contributed by atoms with E-state index in [-0.39, 0.29) is 11.6 Å². The van der Waals surface area contributed by atoms with Crippen LogP contribution in [0.4, 0.5) is 0 Å². The summed E-state index contributed by atoms with van der Waals surface area (Å²) in [7, 11) is 1.41. The molecule has 0 N–H and O–H groups in total. The van der Waals surface area contributed by atoms with Crippen molar-refractivity contribution in [2.45, 2.75) is 52.9 Å². The third kappa shape index (κ3) is 1.66. The first-order chi connectivity index (χ1) is 8.92. The fraction of sp³-hybridized carbons (Fsp3) is 0.733. The molecule has 0 spiro atoms. The van der Waals surface area contributed by atoms with E-state index in [1.54, 1.807) is 47.6 Å². The van der Waals surface area contributed by atoms with Crippen LogP contribution in [0.2, 0.25) is 0 Å². The second-order valence-corrected chi connectivity index (χ2v) is 7.06. The molecular weight excluding hydrogens is 260 g/mol. The van der Waals surface area contributed by atoms with E-state index in [4.69, 9.17) is 14.5 Å². The summed E-state index contributed by atoms with van der Waals surface area (Å²) in [5, 5.41) is 0. The monoisotopic (exact) mass is 282 g/mol. The molecule has 0 radical (unpaired) electrons. The summed E-state index contributed by atoms with van der Waals surface area (Å²) in [6, 6.07) is 0. The van der Waals surface area contributed by atoms with Gasteiger partial charge in [-0.2, -0.15) is 4.89 Å². The Bertz CT molecular complexity index is 512. The van der Waals surface area contributed by atoms with Crippen LogP contribution in [0, 0.1) is 10.8 Å². The van der Waals surface area contributed by atoms with Crippen molar-refractivity contribution in [3.8, 4) is 0 Å². The number of hydrogen-bond acceptors (Lipinski definition) is 5. The van der Waals surface area contributed by atoms with Crippen molar-refractivity contribution in [1.29, 1.82) is 0 Å². The van der Waals surface area contributed by atoms with Gasteiger partial charge in [0, 0.05) is 7.11 Å². The smallest absolute Gasteiger partial charge is 0.242 e. The van der Waals surface area contributed by atoms with Crippen molar-refractivity contribution in [2.24, 2.45) is 10.8 Å². The highest BCUT2D eigenvalue weighted by Gasteiger charge is 2.68. The molecular formula is C15H22O5. The van der Waals surface area contributed by atoms with Gasteiger partial charge in [0.2, 0.25) is 5.79 Å². The number of rotatable bonds is 1. The van der Waals surface area contributed by atoms with Crippen LogP contribution in [0.15, 0.2) is 11.6 Å². The average Bonchev–Trinajstić information content (AvgIpc) is 2.34. The van der Waals surface area contributed by atoms with E-state index in [9.17, 15) is 9.59 Å². The second kappa shape index (κ2) is 4.00. The fourth-order valence-corrected chi connectivity index (χ4v) is 3.10. The predicted molar refractivity (Wildman–Crippen MR) is 71.6 cm³/mol. The van der Waals surface area contributed by atoms with Crippen molar-refractivity contribution >= 4 is 11.6 Å². The Labute approximate surface area is 119 Å². The van der Waals surface area contributed by atoms with Crippen LogP contribution in [0.25, 0.3) is 0 Å². The highest BCUT2D eigenvalue weighted by molar-refractivity contribution is 6.19.